The first-order chi connectivity index (χ1) is 14.9. The Morgan fingerprint density at radius 2 is 2.03 bits per heavy atom. The molecule has 32 heavy (non-hydrogen) atoms. The number of aromatic amines is 1. The Balaban J connectivity index is 1.39. The number of H-pyrrole nitrogens is 1. The molecule has 8 nitrogen and oxygen atoms in total. The lowest BCUT2D eigenvalue weighted by Crippen LogP contribution is -2.68. The van der Waals surface area contributed by atoms with E-state index in [1.54, 1.807) is 6.20 Å². The van der Waals surface area contributed by atoms with Crippen LogP contribution in [-0.4, -0.2) is 58.2 Å². The van der Waals surface area contributed by atoms with Gasteiger partial charge in [-0.25, -0.2) is 9.37 Å². The van der Waals surface area contributed by atoms with Gasteiger partial charge in [-0.05, 0) is 49.0 Å². The maximum Gasteiger partial charge on any atom is 0.306 e. The summed E-state index contributed by atoms with van der Waals surface area (Å²) >= 11 is 0. The van der Waals surface area contributed by atoms with Crippen molar-refractivity contribution < 1.29 is 26.9 Å². The van der Waals surface area contributed by atoms with Gasteiger partial charge in [0.2, 0.25) is 5.91 Å². The van der Waals surface area contributed by atoms with Gasteiger partial charge >= 0.3 is 10.1 Å². The van der Waals surface area contributed by atoms with E-state index in [0.717, 1.165) is 31.7 Å². The van der Waals surface area contributed by atoms with Gasteiger partial charge in [-0.15, -0.1) is 0 Å². The molecule has 10 heteroatoms. The van der Waals surface area contributed by atoms with Crippen LogP contribution < -0.4 is 4.18 Å². The van der Waals surface area contributed by atoms with Crippen molar-refractivity contribution in [2.24, 2.45) is 5.41 Å². The van der Waals surface area contributed by atoms with Crippen LogP contribution >= 0.6 is 0 Å². The average Bonchev–Trinajstić information content (AvgIpc) is 3.05. The number of carbonyl (C=O) groups excluding carboxylic acids is 1. The number of nitrogens with one attached hydrogen (secondary N) is 1. The van der Waals surface area contributed by atoms with Crippen molar-refractivity contribution in [2.45, 2.75) is 76.0 Å². The van der Waals surface area contributed by atoms with Crippen LogP contribution in [0.2, 0.25) is 0 Å². The highest BCUT2D eigenvalue weighted by atomic mass is 32.2. The zero-order valence-corrected chi connectivity index (χ0v) is 19.2. The highest BCUT2D eigenvalue weighted by molar-refractivity contribution is 7.86. The predicted molar refractivity (Wildman–Crippen MR) is 115 cm³/mol. The number of rotatable bonds is 5. The van der Waals surface area contributed by atoms with Crippen LogP contribution in [0.25, 0.3) is 11.0 Å². The maximum atomic E-state index is 15.1. The summed E-state index contributed by atoms with van der Waals surface area (Å²) in [6.45, 7) is 4.05. The van der Waals surface area contributed by atoms with Crippen LogP contribution in [0, 0.1) is 11.2 Å². The van der Waals surface area contributed by atoms with E-state index in [2.05, 4.69) is 16.9 Å². The molecule has 3 unspecified atom stereocenters. The highest BCUT2D eigenvalue weighted by Gasteiger charge is 2.59. The average molecular weight is 466 g/mol. The van der Waals surface area contributed by atoms with Gasteiger partial charge in [0.05, 0.1) is 23.4 Å². The molecule has 2 aliphatic heterocycles. The molecule has 0 aromatic carbocycles. The second kappa shape index (κ2) is 6.90. The number of amides is 1. The minimum atomic E-state index is -3.91. The number of hydrogen-bond acceptors (Lipinski definition) is 6. The smallest absolute Gasteiger partial charge is 0.306 e. The predicted octanol–water partition coefficient (Wildman–Crippen LogP) is 2.83. The normalized spacial score (nSPS) is 32.5. The molecule has 1 amide bonds. The van der Waals surface area contributed by atoms with Gasteiger partial charge in [0, 0.05) is 24.7 Å². The Labute approximate surface area is 186 Å². The van der Waals surface area contributed by atoms with Crippen molar-refractivity contribution in [2.75, 3.05) is 6.26 Å². The Bertz CT molecular complexity index is 1170. The second-order valence-corrected chi connectivity index (χ2v) is 12.0. The molecule has 2 aromatic heterocycles. The van der Waals surface area contributed by atoms with E-state index < -0.39 is 27.3 Å². The standard InChI is InChI=1S/C22H28FN3O5S/c1-12(15-9-24-20-18(15)19(23)16(10-25-20)31-32(3,29)30)4-17(27)26-13-5-21(2)6-14(26)8-22(28,7-13)11-21/h9-10,12-14,28H,4-8,11H2,1-3H3,(H,24,25). The van der Waals surface area contributed by atoms with Crippen LogP contribution in [0.4, 0.5) is 4.39 Å². The summed E-state index contributed by atoms with van der Waals surface area (Å²) in [6, 6.07) is 0.0872. The fourth-order valence-electron chi connectivity index (χ4n) is 6.66. The monoisotopic (exact) mass is 465 g/mol. The molecule has 2 aromatic rings. The third kappa shape index (κ3) is 3.57. The zero-order valence-electron chi connectivity index (χ0n) is 18.4. The Morgan fingerprint density at radius 3 is 2.62 bits per heavy atom. The topological polar surface area (TPSA) is 113 Å². The highest BCUT2D eigenvalue weighted by Crippen LogP contribution is 2.57. The quantitative estimate of drug-likeness (QED) is 0.657. The molecule has 6 rings (SSSR count). The molecular formula is C22H28FN3O5S. The van der Waals surface area contributed by atoms with Crippen LogP contribution in [0.15, 0.2) is 12.4 Å². The second-order valence-electron chi connectivity index (χ2n) is 10.4. The van der Waals surface area contributed by atoms with Gasteiger partial charge in [0.1, 0.15) is 5.65 Å². The van der Waals surface area contributed by atoms with Gasteiger partial charge in [-0.1, -0.05) is 13.8 Å². The molecule has 4 heterocycles. The van der Waals surface area contributed by atoms with E-state index in [1.807, 2.05) is 11.8 Å². The molecule has 0 spiro atoms. The van der Waals surface area contributed by atoms with Crippen molar-refractivity contribution in [1.82, 2.24) is 14.9 Å². The molecule has 4 fully saturated rings. The van der Waals surface area contributed by atoms with E-state index in [0.29, 0.717) is 18.4 Å². The van der Waals surface area contributed by atoms with Crippen LogP contribution in [0.1, 0.15) is 63.9 Å². The fraction of sp³-hybridized carbons (Fsp3) is 0.636. The third-order valence-electron chi connectivity index (χ3n) is 7.41. The lowest BCUT2D eigenvalue weighted by molar-refractivity contribution is -0.193. The molecule has 2 N–H and O–H groups in total. The van der Waals surface area contributed by atoms with Crippen LogP contribution in [0.5, 0.6) is 5.75 Å². The van der Waals surface area contributed by atoms with Crippen molar-refractivity contribution in [3.8, 4) is 5.75 Å². The summed E-state index contributed by atoms with van der Waals surface area (Å²) in [4.78, 5) is 22.3. The number of piperidine rings is 2. The minimum absolute atomic E-state index is 0.00441. The van der Waals surface area contributed by atoms with E-state index >= 15 is 4.39 Å². The Kier molecular flexibility index (Phi) is 4.66. The van der Waals surface area contributed by atoms with Crippen molar-refractivity contribution in [3.63, 3.8) is 0 Å². The maximum absolute atomic E-state index is 15.1. The van der Waals surface area contributed by atoms with Crippen molar-refractivity contribution >= 4 is 27.1 Å². The Morgan fingerprint density at radius 1 is 1.38 bits per heavy atom. The van der Waals surface area contributed by atoms with Crippen molar-refractivity contribution in [3.05, 3.63) is 23.8 Å². The van der Waals surface area contributed by atoms with Crippen molar-refractivity contribution in [1.29, 1.82) is 0 Å². The van der Waals surface area contributed by atoms with E-state index in [1.165, 1.54) is 0 Å². The Hall–Kier alpha value is -2.20. The zero-order chi connectivity index (χ0) is 23.1. The summed E-state index contributed by atoms with van der Waals surface area (Å²) in [5.41, 5.74) is 0.241. The number of hydrogen-bond donors (Lipinski definition) is 2. The van der Waals surface area contributed by atoms with E-state index in [9.17, 15) is 18.3 Å². The molecular weight excluding hydrogens is 437 g/mol. The van der Waals surface area contributed by atoms with Gasteiger partial charge in [0.25, 0.3) is 0 Å². The third-order valence-corrected chi connectivity index (χ3v) is 7.89. The molecule has 174 valence electrons. The number of halogens is 1. The molecule has 0 radical (unpaired) electrons. The number of nitrogens with zero attached hydrogens (tertiary/aromatic N) is 2. The number of pyridine rings is 1. The largest absolute Gasteiger partial charge is 0.390 e. The first-order valence-corrected chi connectivity index (χ1v) is 12.8. The molecule has 4 aliphatic rings. The number of aliphatic hydroxyl groups is 1. The molecule has 2 aliphatic carbocycles. The first-order valence-electron chi connectivity index (χ1n) is 10.9. The van der Waals surface area contributed by atoms with E-state index in [-0.39, 0.29) is 46.8 Å². The van der Waals surface area contributed by atoms with Crippen LogP contribution in [0.3, 0.4) is 0 Å². The van der Waals surface area contributed by atoms with E-state index in [4.69, 9.17) is 4.18 Å². The van der Waals surface area contributed by atoms with Gasteiger partial charge in [-0.2, -0.15) is 8.42 Å². The first kappa shape index (κ1) is 21.6. The number of carbonyl (C=O) groups is 1. The van der Waals surface area contributed by atoms with Gasteiger partial charge in [0.15, 0.2) is 11.6 Å². The summed E-state index contributed by atoms with van der Waals surface area (Å²) in [5.74, 6) is -1.60. The molecule has 4 bridgehead atoms. The SMILES string of the molecule is CC(CC(=O)N1C2CC3(C)CC1CC(O)(C2)C3)c1c[nH]c2ncc(OS(C)(=O)=O)c(F)c12. The number of aromatic nitrogens is 2. The number of fused-ring (bicyclic) bond motifs is 1. The summed E-state index contributed by atoms with van der Waals surface area (Å²) in [7, 11) is -3.91. The lowest BCUT2D eigenvalue weighted by Gasteiger charge is -2.63. The van der Waals surface area contributed by atoms with Gasteiger partial charge < -0.3 is 19.2 Å². The van der Waals surface area contributed by atoms with Gasteiger partial charge in [-0.3, -0.25) is 4.79 Å². The molecule has 3 atom stereocenters. The lowest BCUT2D eigenvalue weighted by atomic mass is 9.54. The summed E-state index contributed by atoms with van der Waals surface area (Å²) in [5, 5.41) is 11.0. The molecule has 2 saturated carbocycles. The molecule has 2 saturated heterocycles. The van der Waals surface area contributed by atoms with Crippen LogP contribution in [-0.2, 0) is 14.9 Å². The minimum Gasteiger partial charge on any atom is -0.390 e. The summed E-state index contributed by atoms with van der Waals surface area (Å²) in [6.07, 6.45) is 7.53. The summed E-state index contributed by atoms with van der Waals surface area (Å²) < 4.78 is 42.7. The fourth-order valence-corrected chi connectivity index (χ4v) is 7.10.